The number of aromatic amines is 1. The van der Waals surface area contributed by atoms with E-state index in [1.807, 2.05) is 0 Å². The normalized spacial score (nSPS) is 9.30. The summed E-state index contributed by atoms with van der Waals surface area (Å²) in [4.78, 5) is 12.6. The average Bonchev–Trinajstić information content (AvgIpc) is 2.31. The highest BCUT2D eigenvalue weighted by Gasteiger charge is 1.95. The number of aromatic nitrogens is 1. The molecule has 0 saturated carbocycles. The second-order valence-electron chi connectivity index (χ2n) is 1.46. The fourth-order valence-corrected chi connectivity index (χ4v) is 1.03. The second-order valence-corrected chi connectivity index (χ2v) is 2.93. The predicted molar refractivity (Wildman–Crippen MR) is 43.5 cm³/mol. The Morgan fingerprint density at radius 1 is 1.80 bits per heavy atom. The molecule has 0 saturated heterocycles. The topological polar surface area (TPSA) is 42.1 Å². The molecule has 10 heavy (non-hydrogen) atoms. The Hall–Kier alpha value is -0.420. The van der Waals surface area contributed by atoms with Crippen LogP contribution < -0.4 is 4.18 Å². The first-order valence-corrected chi connectivity index (χ1v) is 4.03. The van der Waals surface area contributed by atoms with Gasteiger partial charge in [-0.05, 0) is 15.9 Å². The Balaban J connectivity index is 2.49. The largest absolute Gasteiger partial charge is 0.400 e. The molecule has 1 rings (SSSR count). The highest BCUT2D eigenvalue weighted by atomic mass is 79.9. The zero-order chi connectivity index (χ0) is 7.40. The first kappa shape index (κ1) is 7.68. The molecule has 0 bridgehead atoms. The summed E-state index contributed by atoms with van der Waals surface area (Å²) < 4.78 is 5.74. The molecule has 0 aliphatic rings. The molecular weight excluding hydrogens is 218 g/mol. The van der Waals surface area contributed by atoms with Gasteiger partial charge in [-0.3, -0.25) is 4.79 Å². The van der Waals surface area contributed by atoms with Crippen molar-refractivity contribution in [1.29, 1.82) is 0 Å². The van der Waals surface area contributed by atoms with Gasteiger partial charge in [-0.1, -0.05) is 0 Å². The highest BCUT2D eigenvalue weighted by Crippen LogP contribution is 2.18. The molecule has 0 radical (unpaired) electrons. The van der Waals surface area contributed by atoms with Crippen molar-refractivity contribution in [3.8, 4) is 5.88 Å². The van der Waals surface area contributed by atoms with Crippen molar-refractivity contribution in [3.63, 3.8) is 0 Å². The molecule has 54 valence electrons. The van der Waals surface area contributed by atoms with Crippen LogP contribution in [0, 0.1) is 0 Å². The number of carbonyl (C=O) groups excluding carboxylic acids is 1. The smallest absolute Gasteiger partial charge is 0.215 e. The molecule has 0 unspecified atom stereocenters. The van der Waals surface area contributed by atoms with Gasteiger partial charge in [0.25, 0.3) is 0 Å². The van der Waals surface area contributed by atoms with Crippen LogP contribution in [0.3, 0.4) is 0 Å². The van der Waals surface area contributed by atoms with E-state index in [2.05, 4.69) is 20.9 Å². The summed E-state index contributed by atoms with van der Waals surface area (Å²) in [7, 11) is 0. The maximum Gasteiger partial charge on any atom is 0.215 e. The molecule has 0 fully saturated rings. The van der Waals surface area contributed by atoms with Crippen LogP contribution in [-0.2, 0) is 4.79 Å². The van der Waals surface area contributed by atoms with Gasteiger partial charge in [-0.2, -0.15) is 0 Å². The summed E-state index contributed by atoms with van der Waals surface area (Å²) in [5.41, 5.74) is 0.620. The lowest BCUT2D eigenvalue weighted by Gasteiger charge is -1.90. The monoisotopic (exact) mass is 221 g/mol. The van der Waals surface area contributed by atoms with Gasteiger partial charge in [0, 0.05) is 16.7 Å². The molecule has 0 aliphatic heterocycles. The lowest BCUT2D eigenvalue weighted by Crippen LogP contribution is -1.78. The summed E-state index contributed by atoms with van der Waals surface area (Å²) in [6, 6.07) is 1.73. The van der Waals surface area contributed by atoms with E-state index in [9.17, 15) is 4.79 Å². The number of halogens is 1. The summed E-state index contributed by atoms with van der Waals surface area (Å²) in [5, 5.41) is 0. The van der Waals surface area contributed by atoms with E-state index in [1.54, 1.807) is 12.3 Å². The zero-order valence-electron chi connectivity index (χ0n) is 4.83. The van der Waals surface area contributed by atoms with Crippen molar-refractivity contribution in [2.24, 2.45) is 0 Å². The summed E-state index contributed by atoms with van der Waals surface area (Å²) >= 11 is 3.96. The van der Waals surface area contributed by atoms with Crippen LogP contribution in [0.25, 0.3) is 0 Å². The third kappa shape index (κ3) is 2.07. The van der Waals surface area contributed by atoms with Gasteiger partial charge in [0.2, 0.25) is 11.5 Å². The SMILES string of the molecule is O=CSOc1cc(Br)c[nH]1. The number of carbonyl (C=O) groups is 1. The maximum atomic E-state index is 9.80. The number of hydrogen-bond acceptors (Lipinski definition) is 3. The Morgan fingerprint density at radius 3 is 3.10 bits per heavy atom. The molecule has 3 nitrogen and oxygen atoms in total. The van der Waals surface area contributed by atoms with Crippen LogP contribution in [0.4, 0.5) is 0 Å². The van der Waals surface area contributed by atoms with E-state index < -0.39 is 0 Å². The summed E-state index contributed by atoms with van der Waals surface area (Å²) in [5.74, 6) is 0.559. The predicted octanol–water partition coefficient (Wildman–Crippen LogP) is 1.99. The molecule has 1 aromatic rings. The van der Waals surface area contributed by atoms with Crippen LogP contribution >= 0.6 is 28.0 Å². The van der Waals surface area contributed by atoms with Crippen LogP contribution in [0.2, 0.25) is 0 Å². The van der Waals surface area contributed by atoms with Gasteiger partial charge in [0.15, 0.2) is 0 Å². The van der Waals surface area contributed by atoms with E-state index in [0.717, 1.165) is 16.5 Å². The fourth-order valence-electron chi connectivity index (χ4n) is 0.468. The number of hydrogen-bond donors (Lipinski definition) is 1. The molecule has 1 heterocycles. The van der Waals surface area contributed by atoms with E-state index >= 15 is 0 Å². The average molecular weight is 222 g/mol. The van der Waals surface area contributed by atoms with Gasteiger partial charge in [-0.15, -0.1) is 0 Å². The standard InChI is InChI=1S/C5H4BrNO2S/c6-4-1-5(7-2-4)9-10-3-8/h1-3,7H. The van der Waals surface area contributed by atoms with Crippen LogP contribution in [0.15, 0.2) is 16.7 Å². The quantitative estimate of drug-likeness (QED) is 0.628. The first-order chi connectivity index (χ1) is 4.83. The molecule has 0 amide bonds. The Kier molecular flexibility index (Phi) is 2.82. The van der Waals surface area contributed by atoms with Crippen molar-refractivity contribution in [1.82, 2.24) is 4.98 Å². The van der Waals surface area contributed by atoms with Gasteiger partial charge in [0.1, 0.15) is 12.0 Å². The third-order valence-corrected chi connectivity index (χ3v) is 1.61. The maximum absolute atomic E-state index is 9.80. The first-order valence-electron chi connectivity index (χ1n) is 2.44. The van der Waals surface area contributed by atoms with Crippen LogP contribution in [0.1, 0.15) is 0 Å². The third-order valence-electron chi connectivity index (χ3n) is 0.798. The molecule has 0 atom stereocenters. The van der Waals surface area contributed by atoms with E-state index in [-0.39, 0.29) is 0 Å². The van der Waals surface area contributed by atoms with Crippen molar-refractivity contribution >= 4 is 33.6 Å². The van der Waals surface area contributed by atoms with Gasteiger partial charge in [-0.25, -0.2) is 0 Å². The lowest BCUT2D eigenvalue weighted by molar-refractivity contribution is 0.563. The molecule has 1 aromatic heterocycles. The van der Waals surface area contributed by atoms with Crippen LogP contribution in [-0.4, -0.2) is 10.6 Å². The summed E-state index contributed by atoms with van der Waals surface area (Å²) in [6.45, 7) is 0. The molecule has 0 spiro atoms. The molecule has 0 aliphatic carbocycles. The number of H-pyrrole nitrogens is 1. The Bertz CT molecular complexity index is 225. The van der Waals surface area contributed by atoms with Crippen molar-refractivity contribution in [2.45, 2.75) is 0 Å². The lowest BCUT2D eigenvalue weighted by atomic mass is 10.7. The number of rotatable bonds is 3. The Morgan fingerprint density at radius 2 is 2.60 bits per heavy atom. The molecule has 1 N–H and O–H groups in total. The summed E-state index contributed by atoms with van der Waals surface area (Å²) in [6.07, 6.45) is 1.72. The van der Waals surface area contributed by atoms with E-state index in [1.165, 1.54) is 0 Å². The number of nitrogens with one attached hydrogen (secondary N) is 1. The Labute approximate surface area is 70.5 Å². The van der Waals surface area contributed by atoms with Gasteiger partial charge in [0.05, 0.1) is 0 Å². The zero-order valence-corrected chi connectivity index (χ0v) is 7.24. The van der Waals surface area contributed by atoms with Crippen LogP contribution in [0.5, 0.6) is 5.88 Å². The second kappa shape index (κ2) is 3.68. The van der Waals surface area contributed by atoms with Crippen molar-refractivity contribution in [2.75, 3.05) is 0 Å². The molecule has 0 aromatic carbocycles. The van der Waals surface area contributed by atoms with Crippen molar-refractivity contribution < 1.29 is 8.98 Å². The fraction of sp³-hybridized carbons (Fsp3) is 0. The van der Waals surface area contributed by atoms with Gasteiger partial charge < -0.3 is 9.17 Å². The minimum Gasteiger partial charge on any atom is -0.400 e. The highest BCUT2D eigenvalue weighted by molar-refractivity contribution is 9.10. The minimum absolute atomic E-state index is 0.559. The molecular formula is C5H4BrNO2S. The van der Waals surface area contributed by atoms with E-state index in [0.29, 0.717) is 11.5 Å². The van der Waals surface area contributed by atoms with E-state index in [4.69, 9.17) is 4.18 Å². The molecule has 5 heteroatoms. The van der Waals surface area contributed by atoms with Crippen molar-refractivity contribution in [3.05, 3.63) is 16.7 Å². The van der Waals surface area contributed by atoms with Gasteiger partial charge >= 0.3 is 0 Å². The minimum atomic E-state index is 0.559.